The standard InChI is InChI=1S/C21H19F3O4S/c1-12(2)17-10-14-6-9-16(20(25)26-3)18(19(14)29-17)27-11-13-4-7-15(8-5-13)28-21(22,23)24/h4-10,12H,11H2,1-3H3. The quantitative estimate of drug-likeness (QED) is 0.436. The van der Waals surface area contributed by atoms with Crippen LogP contribution in [-0.4, -0.2) is 19.4 Å². The molecule has 154 valence electrons. The van der Waals surface area contributed by atoms with Gasteiger partial charge in [-0.25, -0.2) is 4.79 Å². The molecule has 1 aromatic heterocycles. The zero-order valence-corrected chi connectivity index (χ0v) is 16.8. The molecule has 0 fully saturated rings. The van der Waals surface area contributed by atoms with Gasteiger partial charge in [-0.3, -0.25) is 0 Å². The van der Waals surface area contributed by atoms with Crippen molar-refractivity contribution in [2.75, 3.05) is 7.11 Å². The van der Waals surface area contributed by atoms with Crippen LogP contribution in [0.2, 0.25) is 0 Å². The minimum absolute atomic E-state index is 0.0737. The number of esters is 1. The van der Waals surface area contributed by atoms with Crippen LogP contribution in [0.15, 0.2) is 42.5 Å². The van der Waals surface area contributed by atoms with E-state index in [9.17, 15) is 18.0 Å². The highest BCUT2D eigenvalue weighted by Crippen LogP contribution is 2.39. The number of carbonyl (C=O) groups is 1. The van der Waals surface area contributed by atoms with Gasteiger partial charge in [0.15, 0.2) is 5.75 Å². The lowest BCUT2D eigenvalue weighted by molar-refractivity contribution is -0.274. The highest BCUT2D eigenvalue weighted by atomic mass is 32.1. The van der Waals surface area contributed by atoms with E-state index in [1.807, 2.05) is 6.07 Å². The van der Waals surface area contributed by atoms with Gasteiger partial charge in [-0.05, 0) is 41.1 Å². The Balaban J connectivity index is 1.88. The second-order valence-electron chi connectivity index (χ2n) is 6.64. The van der Waals surface area contributed by atoms with E-state index < -0.39 is 12.3 Å². The summed E-state index contributed by atoms with van der Waals surface area (Å²) in [5, 5.41) is 0.954. The van der Waals surface area contributed by atoms with Gasteiger partial charge in [0.25, 0.3) is 0 Å². The average Bonchev–Trinajstić information content (AvgIpc) is 3.10. The summed E-state index contributed by atoms with van der Waals surface area (Å²) in [6.45, 7) is 4.23. The van der Waals surface area contributed by atoms with Gasteiger partial charge >= 0.3 is 12.3 Å². The number of rotatable bonds is 6. The number of hydrogen-bond donors (Lipinski definition) is 0. The van der Waals surface area contributed by atoms with Crippen molar-refractivity contribution in [1.82, 2.24) is 0 Å². The number of methoxy groups -OCH3 is 1. The third kappa shape index (κ3) is 5.00. The molecule has 0 unspecified atom stereocenters. The minimum atomic E-state index is -4.74. The predicted octanol–water partition coefficient (Wildman–Crippen LogP) is 6.29. The molecule has 0 spiro atoms. The van der Waals surface area contributed by atoms with Crippen LogP contribution >= 0.6 is 11.3 Å². The van der Waals surface area contributed by atoms with Crippen molar-refractivity contribution >= 4 is 27.4 Å². The molecule has 0 N–H and O–H groups in total. The van der Waals surface area contributed by atoms with Crippen molar-refractivity contribution in [2.45, 2.75) is 32.7 Å². The Kier molecular flexibility index (Phi) is 6.02. The molecule has 29 heavy (non-hydrogen) atoms. The SMILES string of the molecule is COC(=O)c1ccc2cc(C(C)C)sc2c1OCc1ccc(OC(F)(F)F)cc1. The molecule has 0 bridgehead atoms. The Morgan fingerprint density at radius 1 is 1.10 bits per heavy atom. The fraction of sp³-hybridized carbons (Fsp3) is 0.286. The molecule has 3 aromatic rings. The summed E-state index contributed by atoms with van der Waals surface area (Å²) in [6, 6.07) is 11.0. The van der Waals surface area contributed by atoms with E-state index in [-0.39, 0.29) is 12.4 Å². The van der Waals surface area contributed by atoms with Crippen LogP contribution in [0.1, 0.15) is 40.6 Å². The van der Waals surface area contributed by atoms with Crippen LogP contribution in [0.25, 0.3) is 10.1 Å². The van der Waals surface area contributed by atoms with Crippen molar-refractivity contribution in [3.8, 4) is 11.5 Å². The van der Waals surface area contributed by atoms with Crippen molar-refractivity contribution in [1.29, 1.82) is 0 Å². The van der Waals surface area contributed by atoms with Gasteiger partial charge in [0.05, 0.1) is 11.8 Å². The maximum absolute atomic E-state index is 12.3. The van der Waals surface area contributed by atoms with Crippen LogP contribution in [0, 0.1) is 0 Å². The number of thiophene rings is 1. The Bertz CT molecular complexity index is 1010. The van der Waals surface area contributed by atoms with Crippen LogP contribution in [0.3, 0.4) is 0 Å². The van der Waals surface area contributed by atoms with Crippen LogP contribution in [0.5, 0.6) is 11.5 Å². The van der Waals surface area contributed by atoms with Crippen LogP contribution < -0.4 is 9.47 Å². The summed E-state index contributed by atoms with van der Waals surface area (Å²) < 4.78 is 52.3. The monoisotopic (exact) mass is 424 g/mol. The van der Waals surface area contributed by atoms with Crippen molar-refractivity contribution < 1.29 is 32.2 Å². The van der Waals surface area contributed by atoms with E-state index in [2.05, 4.69) is 24.7 Å². The minimum Gasteiger partial charge on any atom is -0.486 e. The van der Waals surface area contributed by atoms with Crippen molar-refractivity contribution in [3.05, 3.63) is 58.5 Å². The smallest absolute Gasteiger partial charge is 0.486 e. The Hall–Kier alpha value is -2.74. The molecule has 8 heteroatoms. The summed E-state index contributed by atoms with van der Waals surface area (Å²) in [6.07, 6.45) is -4.74. The topological polar surface area (TPSA) is 44.8 Å². The maximum Gasteiger partial charge on any atom is 0.573 e. The zero-order chi connectivity index (χ0) is 21.2. The zero-order valence-electron chi connectivity index (χ0n) is 16.0. The lowest BCUT2D eigenvalue weighted by atomic mass is 10.1. The number of alkyl halides is 3. The number of carbonyl (C=O) groups excluding carboxylic acids is 1. The van der Waals surface area contributed by atoms with E-state index >= 15 is 0 Å². The van der Waals surface area contributed by atoms with Gasteiger partial charge in [0, 0.05) is 4.88 Å². The van der Waals surface area contributed by atoms with Gasteiger partial charge in [0.2, 0.25) is 0 Å². The van der Waals surface area contributed by atoms with Gasteiger partial charge in [-0.1, -0.05) is 32.0 Å². The Morgan fingerprint density at radius 2 is 1.79 bits per heavy atom. The molecule has 0 radical (unpaired) electrons. The highest BCUT2D eigenvalue weighted by molar-refractivity contribution is 7.19. The number of hydrogen-bond acceptors (Lipinski definition) is 5. The second-order valence-corrected chi connectivity index (χ2v) is 7.72. The number of ether oxygens (including phenoxy) is 3. The van der Waals surface area contributed by atoms with Gasteiger partial charge in [0.1, 0.15) is 17.9 Å². The fourth-order valence-electron chi connectivity index (χ4n) is 2.74. The molecule has 0 atom stereocenters. The molecule has 0 aliphatic heterocycles. The lowest BCUT2D eigenvalue weighted by Gasteiger charge is -2.12. The molecule has 0 saturated carbocycles. The van der Waals surface area contributed by atoms with E-state index in [0.717, 1.165) is 15.0 Å². The van der Waals surface area contributed by atoms with E-state index in [0.29, 0.717) is 22.8 Å². The largest absolute Gasteiger partial charge is 0.573 e. The summed E-state index contributed by atoms with van der Waals surface area (Å²) >= 11 is 1.54. The molecule has 2 aromatic carbocycles. The third-order valence-electron chi connectivity index (χ3n) is 4.17. The van der Waals surface area contributed by atoms with Crippen molar-refractivity contribution in [2.24, 2.45) is 0 Å². The molecule has 0 amide bonds. The maximum atomic E-state index is 12.3. The molecule has 3 rings (SSSR count). The summed E-state index contributed by atoms with van der Waals surface area (Å²) in [7, 11) is 1.30. The van der Waals surface area contributed by atoms with E-state index in [1.165, 1.54) is 31.4 Å². The van der Waals surface area contributed by atoms with Gasteiger partial charge in [-0.2, -0.15) is 0 Å². The summed E-state index contributed by atoms with van der Waals surface area (Å²) in [5.74, 6) is -0.0985. The van der Waals surface area contributed by atoms with Crippen molar-refractivity contribution in [3.63, 3.8) is 0 Å². The summed E-state index contributed by atoms with van der Waals surface area (Å²) in [5.41, 5.74) is 0.933. The fourth-order valence-corrected chi connectivity index (χ4v) is 3.90. The summed E-state index contributed by atoms with van der Waals surface area (Å²) in [4.78, 5) is 13.3. The molecule has 4 nitrogen and oxygen atoms in total. The van der Waals surface area contributed by atoms with Crippen LogP contribution in [-0.2, 0) is 11.3 Å². The van der Waals surface area contributed by atoms with E-state index in [4.69, 9.17) is 9.47 Å². The van der Waals surface area contributed by atoms with E-state index in [1.54, 1.807) is 17.4 Å². The number of benzene rings is 2. The number of fused-ring (bicyclic) bond motifs is 1. The first-order valence-corrected chi connectivity index (χ1v) is 9.62. The first-order chi connectivity index (χ1) is 13.7. The predicted molar refractivity (Wildman–Crippen MR) is 105 cm³/mol. The lowest BCUT2D eigenvalue weighted by Crippen LogP contribution is -2.17. The molecular formula is C21H19F3O4S. The average molecular weight is 424 g/mol. The third-order valence-corrected chi connectivity index (χ3v) is 5.62. The Labute approximate surface area is 169 Å². The molecule has 0 aliphatic carbocycles. The normalized spacial score (nSPS) is 11.7. The molecule has 0 aliphatic rings. The molecule has 0 saturated heterocycles. The first kappa shape index (κ1) is 21.0. The molecular weight excluding hydrogens is 405 g/mol. The van der Waals surface area contributed by atoms with Crippen LogP contribution in [0.4, 0.5) is 13.2 Å². The second kappa shape index (κ2) is 8.32. The number of halogens is 3. The molecule has 1 heterocycles. The Morgan fingerprint density at radius 3 is 2.38 bits per heavy atom. The first-order valence-electron chi connectivity index (χ1n) is 8.80. The van der Waals surface area contributed by atoms with Gasteiger partial charge < -0.3 is 14.2 Å². The highest BCUT2D eigenvalue weighted by Gasteiger charge is 2.31. The van der Waals surface area contributed by atoms with Gasteiger partial charge in [-0.15, -0.1) is 24.5 Å².